The van der Waals surface area contributed by atoms with Gasteiger partial charge in [-0.1, -0.05) is 34.1 Å². The Bertz CT molecular complexity index is 369. The molecule has 2 nitrogen and oxygen atoms in total. The van der Waals surface area contributed by atoms with Gasteiger partial charge in [-0.2, -0.15) is 13.2 Å². The van der Waals surface area contributed by atoms with Crippen LogP contribution in [0.2, 0.25) is 0 Å². The van der Waals surface area contributed by atoms with Gasteiger partial charge in [-0.3, -0.25) is 0 Å². The summed E-state index contributed by atoms with van der Waals surface area (Å²) in [6.07, 6.45) is -3.86. The quantitative estimate of drug-likeness (QED) is 0.870. The highest BCUT2D eigenvalue weighted by atomic mass is 79.9. The van der Waals surface area contributed by atoms with Gasteiger partial charge < -0.3 is 9.84 Å². The predicted molar refractivity (Wildman–Crippen MR) is 65.3 cm³/mol. The van der Waals surface area contributed by atoms with Gasteiger partial charge in [-0.05, 0) is 18.1 Å². The minimum absolute atomic E-state index is 0.114. The lowest BCUT2D eigenvalue weighted by atomic mass is 10.0. The maximum absolute atomic E-state index is 11.9. The third-order valence-corrected chi connectivity index (χ3v) is 3.12. The number of aliphatic hydroxyl groups excluding tert-OH is 1. The highest BCUT2D eigenvalue weighted by Crippen LogP contribution is 2.20. The fourth-order valence-corrected chi connectivity index (χ4v) is 1.94. The van der Waals surface area contributed by atoms with E-state index in [2.05, 4.69) is 20.7 Å². The summed E-state index contributed by atoms with van der Waals surface area (Å²) in [5, 5.41) is 9.13. The second-order valence-corrected chi connectivity index (χ2v) is 4.83. The molecule has 102 valence electrons. The van der Waals surface area contributed by atoms with Crippen LogP contribution in [0.3, 0.4) is 0 Å². The minimum atomic E-state index is -4.33. The average molecular weight is 327 g/mol. The lowest BCUT2D eigenvalue weighted by molar-refractivity contribution is -0.177. The van der Waals surface area contributed by atoms with Crippen LogP contribution in [0.4, 0.5) is 13.2 Å². The highest BCUT2D eigenvalue weighted by molar-refractivity contribution is 9.10. The van der Waals surface area contributed by atoms with Gasteiger partial charge in [0, 0.05) is 17.0 Å². The summed E-state index contributed by atoms with van der Waals surface area (Å²) in [5.74, 6) is -0.342. The average Bonchev–Trinajstić information content (AvgIpc) is 2.29. The first-order chi connectivity index (χ1) is 8.42. The maximum atomic E-state index is 11.9. The van der Waals surface area contributed by atoms with Crippen LogP contribution >= 0.6 is 15.9 Å². The van der Waals surface area contributed by atoms with Gasteiger partial charge in [0.05, 0.1) is 6.61 Å². The van der Waals surface area contributed by atoms with E-state index in [1.54, 1.807) is 0 Å². The SMILES string of the molecule is OCC(COCC(F)(F)F)Cc1ccccc1Br. The van der Waals surface area contributed by atoms with Crippen LogP contribution in [0, 0.1) is 5.92 Å². The van der Waals surface area contributed by atoms with E-state index in [0.717, 1.165) is 10.0 Å². The van der Waals surface area contributed by atoms with Crippen LogP contribution in [-0.2, 0) is 11.2 Å². The summed E-state index contributed by atoms with van der Waals surface area (Å²) in [4.78, 5) is 0. The number of halogens is 4. The summed E-state index contributed by atoms with van der Waals surface area (Å²) in [6, 6.07) is 7.39. The van der Waals surface area contributed by atoms with Crippen LogP contribution in [0.25, 0.3) is 0 Å². The molecular weight excluding hydrogens is 313 g/mol. The van der Waals surface area contributed by atoms with E-state index in [4.69, 9.17) is 5.11 Å². The van der Waals surface area contributed by atoms with Crippen LogP contribution < -0.4 is 0 Å². The predicted octanol–water partition coefficient (Wildman–Crippen LogP) is 3.18. The maximum Gasteiger partial charge on any atom is 0.411 e. The number of hydrogen-bond donors (Lipinski definition) is 1. The minimum Gasteiger partial charge on any atom is -0.396 e. The van der Waals surface area contributed by atoms with Gasteiger partial charge in [0.25, 0.3) is 0 Å². The van der Waals surface area contributed by atoms with Gasteiger partial charge in [0.1, 0.15) is 6.61 Å². The molecule has 1 aromatic carbocycles. The molecule has 0 bridgehead atoms. The molecule has 0 aromatic heterocycles. The molecule has 1 aromatic rings. The topological polar surface area (TPSA) is 29.5 Å². The molecule has 0 fully saturated rings. The Balaban J connectivity index is 2.45. The normalized spacial score (nSPS) is 13.6. The molecule has 0 saturated heterocycles. The van der Waals surface area contributed by atoms with Crippen molar-refractivity contribution in [3.05, 3.63) is 34.3 Å². The van der Waals surface area contributed by atoms with Crippen molar-refractivity contribution in [3.63, 3.8) is 0 Å². The van der Waals surface area contributed by atoms with Crippen LogP contribution in [0.15, 0.2) is 28.7 Å². The molecule has 0 heterocycles. The van der Waals surface area contributed by atoms with Gasteiger partial charge in [0.15, 0.2) is 0 Å². The Kier molecular flexibility index (Phi) is 6.11. The highest BCUT2D eigenvalue weighted by Gasteiger charge is 2.27. The third-order valence-electron chi connectivity index (χ3n) is 2.34. The molecule has 1 rings (SSSR count). The molecule has 1 unspecified atom stereocenters. The van der Waals surface area contributed by atoms with Crippen molar-refractivity contribution in [3.8, 4) is 0 Å². The molecule has 0 aliphatic carbocycles. The molecule has 0 amide bonds. The van der Waals surface area contributed by atoms with E-state index >= 15 is 0 Å². The number of alkyl halides is 3. The Morgan fingerprint density at radius 1 is 1.28 bits per heavy atom. The molecule has 6 heteroatoms. The standard InChI is InChI=1S/C12H14BrF3O2/c13-11-4-2-1-3-10(11)5-9(6-17)7-18-8-12(14,15)16/h1-4,9,17H,5-8H2. The third kappa shape index (κ3) is 5.84. The van der Waals surface area contributed by atoms with E-state index in [1.165, 1.54) is 0 Å². The molecule has 0 aliphatic heterocycles. The molecular formula is C12H14BrF3O2. The summed E-state index contributed by atoms with van der Waals surface area (Å²) >= 11 is 3.35. The smallest absolute Gasteiger partial charge is 0.396 e. The van der Waals surface area contributed by atoms with Crippen molar-refractivity contribution in [2.75, 3.05) is 19.8 Å². The van der Waals surface area contributed by atoms with Crippen LogP contribution in [0.5, 0.6) is 0 Å². The van der Waals surface area contributed by atoms with Crippen molar-refractivity contribution >= 4 is 15.9 Å². The van der Waals surface area contributed by atoms with Crippen molar-refractivity contribution in [1.29, 1.82) is 0 Å². The molecule has 1 N–H and O–H groups in total. The number of hydrogen-bond acceptors (Lipinski definition) is 2. The van der Waals surface area contributed by atoms with Crippen LogP contribution in [0.1, 0.15) is 5.56 Å². The first-order valence-corrected chi connectivity index (χ1v) is 6.20. The van der Waals surface area contributed by atoms with E-state index in [-0.39, 0.29) is 19.1 Å². The Hall–Kier alpha value is -0.590. The zero-order valence-corrected chi connectivity index (χ0v) is 11.2. The first kappa shape index (κ1) is 15.5. The van der Waals surface area contributed by atoms with Crippen molar-refractivity contribution in [2.24, 2.45) is 5.92 Å². The summed E-state index contributed by atoms with van der Waals surface area (Å²) in [6.45, 7) is -1.60. The molecule has 1 atom stereocenters. The van der Waals surface area contributed by atoms with Gasteiger partial charge in [-0.25, -0.2) is 0 Å². The lowest BCUT2D eigenvalue weighted by Crippen LogP contribution is -2.23. The zero-order chi connectivity index (χ0) is 13.6. The fraction of sp³-hybridized carbons (Fsp3) is 0.500. The van der Waals surface area contributed by atoms with Gasteiger partial charge in [-0.15, -0.1) is 0 Å². The Labute approximate surface area is 112 Å². The second-order valence-electron chi connectivity index (χ2n) is 3.97. The summed E-state index contributed by atoms with van der Waals surface area (Å²) < 4.78 is 41.2. The monoisotopic (exact) mass is 326 g/mol. The lowest BCUT2D eigenvalue weighted by Gasteiger charge is -2.16. The number of benzene rings is 1. The van der Waals surface area contributed by atoms with E-state index in [9.17, 15) is 13.2 Å². The second kappa shape index (κ2) is 7.11. The zero-order valence-electron chi connectivity index (χ0n) is 9.58. The largest absolute Gasteiger partial charge is 0.411 e. The van der Waals surface area contributed by atoms with E-state index < -0.39 is 12.8 Å². The number of aliphatic hydroxyl groups is 1. The molecule has 0 spiro atoms. The fourth-order valence-electron chi connectivity index (χ4n) is 1.49. The van der Waals surface area contributed by atoms with Crippen molar-refractivity contribution in [1.82, 2.24) is 0 Å². The Morgan fingerprint density at radius 2 is 1.94 bits per heavy atom. The molecule has 0 saturated carbocycles. The molecule has 18 heavy (non-hydrogen) atoms. The summed E-state index contributed by atoms with van der Waals surface area (Å²) in [7, 11) is 0. The molecule has 0 aliphatic rings. The van der Waals surface area contributed by atoms with E-state index in [1.807, 2.05) is 24.3 Å². The number of rotatable bonds is 6. The summed E-state index contributed by atoms with van der Waals surface area (Å²) in [5.41, 5.74) is 0.937. The van der Waals surface area contributed by atoms with Gasteiger partial charge in [0.2, 0.25) is 0 Å². The molecule has 0 radical (unpaired) electrons. The number of ether oxygens (including phenoxy) is 1. The van der Waals surface area contributed by atoms with Gasteiger partial charge >= 0.3 is 6.18 Å². The van der Waals surface area contributed by atoms with Crippen molar-refractivity contribution in [2.45, 2.75) is 12.6 Å². The van der Waals surface area contributed by atoms with Crippen molar-refractivity contribution < 1.29 is 23.0 Å². The Morgan fingerprint density at radius 3 is 2.50 bits per heavy atom. The van der Waals surface area contributed by atoms with Crippen LogP contribution in [-0.4, -0.2) is 31.1 Å². The first-order valence-electron chi connectivity index (χ1n) is 5.41. The van der Waals surface area contributed by atoms with E-state index in [0.29, 0.717) is 6.42 Å².